The molecule has 3 aromatic heterocycles. The number of aryl methyl sites for hydroxylation is 2. The van der Waals surface area contributed by atoms with Crippen molar-refractivity contribution in [1.82, 2.24) is 9.97 Å². The first-order valence-corrected chi connectivity index (χ1v) is 9.17. The molecule has 3 rings (SSSR count). The van der Waals surface area contributed by atoms with Gasteiger partial charge in [0.25, 0.3) is 0 Å². The lowest BCUT2D eigenvalue weighted by Crippen LogP contribution is -2.03. The second kappa shape index (κ2) is 6.73. The van der Waals surface area contributed by atoms with E-state index in [-0.39, 0.29) is 0 Å². The maximum atomic E-state index is 5.72. The summed E-state index contributed by atoms with van der Waals surface area (Å²) in [6, 6.07) is 4.21. The second-order valence-electron chi connectivity index (χ2n) is 5.14. The molecule has 0 bridgehead atoms. The molecule has 0 atom stereocenters. The van der Waals surface area contributed by atoms with Gasteiger partial charge in [-0.1, -0.05) is 13.0 Å². The van der Waals surface area contributed by atoms with Crippen LogP contribution in [0, 0.1) is 6.92 Å². The van der Waals surface area contributed by atoms with Crippen LogP contribution in [-0.2, 0) is 19.4 Å². The Labute approximate surface area is 138 Å². The van der Waals surface area contributed by atoms with Crippen LogP contribution in [0.25, 0.3) is 10.2 Å². The van der Waals surface area contributed by atoms with Crippen LogP contribution in [0.5, 0.6) is 0 Å². The Morgan fingerprint density at radius 3 is 2.86 bits per heavy atom. The fraction of sp³-hybridized carbons (Fsp3) is 0.375. The molecule has 0 amide bonds. The van der Waals surface area contributed by atoms with Crippen LogP contribution in [0.4, 0.5) is 5.82 Å². The Morgan fingerprint density at radius 1 is 1.32 bits per heavy atom. The third kappa shape index (κ3) is 2.99. The van der Waals surface area contributed by atoms with Crippen molar-refractivity contribution in [3.8, 4) is 0 Å². The molecule has 0 aliphatic heterocycles. The van der Waals surface area contributed by atoms with E-state index in [1.165, 1.54) is 15.3 Å². The molecule has 116 valence electrons. The number of hydrogen-bond acceptors (Lipinski definition) is 6. The highest BCUT2D eigenvalue weighted by Gasteiger charge is 2.15. The van der Waals surface area contributed by atoms with Crippen LogP contribution in [0.2, 0.25) is 0 Å². The molecule has 3 N–H and O–H groups in total. The molecule has 0 fully saturated rings. The molecule has 22 heavy (non-hydrogen) atoms. The molecule has 0 radical (unpaired) electrons. The summed E-state index contributed by atoms with van der Waals surface area (Å²) >= 11 is 3.52. The van der Waals surface area contributed by atoms with Gasteiger partial charge in [-0.15, -0.1) is 22.7 Å². The number of rotatable bonds is 6. The van der Waals surface area contributed by atoms with Crippen LogP contribution in [0.15, 0.2) is 17.5 Å². The molecular weight excluding hydrogens is 312 g/mol. The van der Waals surface area contributed by atoms with Gasteiger partial charge in [-0.3, -0.25) is 0 Å². The zero-order chi connectivity index (χ0) is 15.5. The Bertz CT molecular complexity index is 762. The highest BCUT2D eigenvalue weighted by Crippen LogP contribution is 2.34. The lowest BCUT2D eigenvalue weighted by atomic mass is 10.2. The van der Waals surface area contributed by atoms with E-state index >= 15 is 0 Å². The van der Waals surface area contributed by atoms with Crippen LogP contribution in [0.1, 0.15) is 28.1 Å². The van der Waals surface area contributed by atoms with Crippen molar-refractivity contribution in [1.29, 1.82) is 0 Å². The smallest absolute Gasteiger partial charge is 0.148 e. The highest BCUT2D eigenvalue weighted by molar-refractivity contribution is 7.19. The normalized spacial score (nSPS) is 11.2. The highest BCUT2D eigenvalue weighted by atomic mass is 32.1. The number of fused-ring (bicyclic) bond motifs is 1. The summed E-state index contributed by atoms with van der Waals surface area (Å²) < 4.78 is 1.15. The maximum absolute atomic E-state index is 5.72. The van der Waals surface area contributed by atoms with Gasteiger partial charge < -0.3 is 11.1 Å². The summed E-state index contributed by atoms with van der Waals surface area (Å²) in [5, 5.41) is 5.58. The van der Waals surface area contributed by atoms with Gasteiger partial charge in [0, 0.05) is 16.2 Å². The average Bonchev–Trinajstić information content (AvgIpc) is 3.15. The van der Waals surface area contributed by atoms with Gasteiger partial charge in [-0.05, 0) is 36.9 Å². The van der Waals surface area contributed by atoms with Gasteiger partial charge in [0.2, 0.25) is 0 Å². The van der Waals surface area contributed by atoms with Gasteiger partial charge in [-0.2, -0.15) is 0 Å². The Kier molecular flexibility index (Phi) is 4.71. The number of hydrogen-bond donors (Lipinski definition) is 2. The largest absolute Gasteiger partial charge is 0.364 e. The molecule has 4 nitrogen and oxygen atoms in total. The lowest BCUT2D eigenvalue weighted by Gasteiger charge is -2.07. The number of nitrogens with one attached hydrogen (secondary N) is 1. The molecular formula is C16H20N4S2. The quantitative estimate of drug-likeness (QED) is 0.722. The molecule has 0 aliphatic carbocycles. The summed E-state index contributed by atoms with van der Waals surface area (Å²) in [4.78, 5) is 12.0. The van der Waals surface area contributed by atoms with Crippen molar-refractivity contribution < 1.29 is 0 Å². The number of thiophene rings is 2. The monoisotopic (exact) mass is 332 g/mol. The van der Waals surface area contributed by atoms with Gasteiger partial charge in [0.15, 0.2) is 0 Å². The average molecular weight is 332 g/mol. The SMILES string of the molecule is CCc1nc(NCc2cccs2)c2sc(CCN)c(C)c2n1. The molecule has 0 aliphatic rings. The summed E-state index contributed by atoms with van der Waals surface area (Å²) in [7, 11) is 0. The molecule has 6 heteroatoms. The standard InChI is InChI=1S/C16H20N4S2/c1-3-13-19-14-10(2)12(6-7-17)22-15(14)16(20-13)18-9-11-5-4-8-21-11/h4-5,8H,3,6-7,9,17H2,1-2H3,(H,18,19,20). The minimum atomic E-state index is 0.666. The van der Waals surface area contributed by atoms with Crippen molar-refractivity contribution in [2.24, 2.45) is 5.73 Å². The van der Waals surface area contributed by atoms with Crippen LogP contribution >= 0.6 is 22.7 Å². The molecule has 0 saturated heterocycles. The Hall–Kier alpha value is -1.50. The third-order valence-electron chi connectivity index (χ3n) is 3.61. The first kappa shape index (κ1) is 15.4. The Balaban J connectivity index is 2.00. The van der Waals surface area contributed by atoms with E-state index in [0.717, 1.165) is 41.2 Å². The predicted molar refractivity (Wildman–Crippen MR) is 95.9 cm³/mol. The minimum absolute atomic E-state index is 0.666. The van der Waals surface area contributed by atoms with E-state index in [0.29, 0.717) is 6.54 Å². The van der Waals surface area contributed by atoms with E-state index in [1.54, 1.807) is 22.7 Å². The summed E-state index contributed by atoms with van der Waals surface area (Å²) in [6.45, 7) is 5.70. The van der Waals surface area contributed by atoms with Gasteiger partial charge >= 0.3 is 0 Å². The zero-order valence-corrected chi connectivity index (χ0v) is 14.5. The first-order valence-electron chi connectivity index (χ1n) is 7.48. The Morgan fingerprint density at radius 2 is 2.18 bits per heavy atom. The zero-order valence-electron chi connectivity index (χ0n) is 12.8. The van der Waals surface area contributed by atoms with Crippen molar-refractivity contribution in [2.45, 2.75) is 33.2 Å². The van der Waals surface area contributed by atoms with Crippen molar-refractivity contribution in [3.63, 3.8) is 0 Å². The molecule has 3 heterocycles. The third-order valence-corrected chi connectivity index (χ3v) is 5.83. The van der Waals surface area contributed by atoms with E-state index in [9.17, 15) is 0 Å². The molecule has 0 unspecified atom stereocenters. The van der Waals surface area contributed by atoms with Crippen LogP contribution in [0.3, 0.4) is 0 Å². The van der Waals surface area contributed by atoms with Crippen molar-refractivity contribution >= 4 is 38.7 Å². The number of anilines is 1. The number of nitrogens with two attached hydrogens (primary N) is 1. The van der Waals surface area contributed by atoms with E-state index in [4.69, 9.17) is 15.7 Å². The summed E-state index contributed by atoms with van der Waals surface area (Å²) in [5.74, 6) is 1.84. The van der Waals surface area contributed by atoms with Gasteiger partial charge in [0.1, 0.15) is 11.6 Å². The lowest BCUT2D eigenvalue weighted by molar-refractivity contribution is 0.952. The van der Waals surface area contributed by atoms with Crippen LogP contribution < -0.4 is 11.1 Å². The van der Waals surface area contributed by atoms with Crippen molar-refractivity contribution in [3.05, 3.63) is 38.7 Å². The predicted octanol–water partition coefficient (Wildman–Crippen LogP) is 3.74. The number of nitrogens with zero attached hydrogens (tertiary/aromatic N) is 2. The van der Waals surface area contributed by atoms with Gasteiger partial charge in [-0.25, -0.2) is 9.97 Å². The van der Waals surface area contributed by atoms with Crippen LogP contribution in [-0.4, -0.2) is 16.5 Å². The van der Waals surface area contributed by atoms with E-state index in [2.05, 4.69) is 36.7 Å². The minimum Gasteiger partial charge on any atom is -0.364 e. The van der Waals surface area contributed by atoms with E-state index < -0.39 is 0 Å². The maximum Gasteiger partial charge on any atom is 0.148 e. The summed E-state index contributed by atoms with van der Waals surface area (Å²) in [5.41, 5.74) is 8.05. The molecule has 3 aromatic rings. The fourth-order valence-electron chi connectivity index (χ4n) is 2.41. The molecule has 0 saturated carbocycles. The van der Waals surface area contributed by atoms with Gasteiger partial charge in [0.05, 0.1) is 16.8 Å². The van der Waals surface area contributed by atoms with E-state index in [1.807, 2.05) is 0 Å². The molecule has 0 aromatic carbocycles. The topological polar surface area (TPSA) is 63.8 Å². The fourth-order valence-corrected chi connectivity index (χ4v) is 4.28. The number of aromatic nitrogens is 2. The second-order valence-corrected chi connectivity index (χ2v) is 7.28. The summed E-state index contributed by atoms with van der Waals surface area (Å²) in [6.07, 6.45) is 1.74. The molecule has 0 spiro atoms. The first-order chi connectivity index (χ1) is 10.7. The van der Waals surface area contributed by atoms with Crippen molar-refractivity contribution in [2.75, 3.05) is 11.9 Å².